The number of nitrogens with two attached hydrogens (primary N) is 1. The van der Waals surface area contributed by atoms with E-state index in [1.165, 1.54) is 22.9 Å². The second-order valence-electron chi connectivity index (χ2n) is 4.01. The smallest absolute Gasteiger partial charge is 0.0245 e. The molecule has 2 N–H and O–H groups in total. The summed E-state index contributed by atoms with van der Waals surface area (Å²) in [6.07, 6.45) is 2.47. The lowest BCUT2D eigenvalue weighted by atomic mass is 10.2. The van der Waals surface area contributed by atoms with Crippen LogP contribution in [0, 0.1) is 0 Å². The Morgan fingerprint density at radius 2 is 2.00 bits per heavy atom. The molecule has 1 aromatic rings. The maximum Gasteiger partial charge on any atom is 0.0245 e. The molecule has 0 unspecified atom stereocenters. The average molecular weight is 285 g/mol. The molecule has 0 radical (unpaired) electrons. The molecule has 0 atom stereocenters. The van der Waals surface area contributed by atoms with E-state index in [9.17, 15) is 0 Å². The van der Waals surface area contributed by atoms with Crippen molar-refractivity contribution in [3.8, 4) is 0 Å². The Hall–Kier alpha value is -0.380. The first-order chi connectivity index (χ1) is 7.77. The summed E-state index contributed by atoms with van der Waals surface area (Å²) in [5, 5.41) is 0. The van der Waals surface area contributed by atoms with E-state index in [4.69, 9.17) is 5.73 Å². The maximum absolute atomic E-state index is 5.64. The highest BCUT2D eigenvalue weighted by Crippen LogP contribution is 2.17. The standard InChI is InChI=1S/C13H21BrN2/c1-2-3-9-16(10-8-15)11-12-6-4-5-7-13(12)14/h4-7H,2-3,8-11,15H2,1H3. The number of hydrogen-bond donors (Lipinski definition) is 1. The van der Waals surface area contributed by atoms with Crippen LogP contribution in [-0.4, -0.2) is 24.5 Å². The van der Waals surface area contributed by atoms with E-state index < -0.39 is 0 Å². The monoisotopic (exact) mass is 284 g/mol. The third kappa shape index (κ3) is 4.64. The lowest BCUT2D eigenvalue weighted by molar-refractivity contribution is 0.268. The van der Waals surface area contributed by atoms with Crippen LogP contribution in [0.1, 0.15) is 25.3 Å². The van der Waals surface area contributed by atoms with Crippen LogP contribution >= 0.6 is 15.9 Å². The molecule has 0 fully saturated rings. The van der Waals surface area contributed by atoms with Gasteiger partial charge in [-0.25, -0.2) is 0 Å². The second-order valence-corrected chi connectivity index (χ2v) is 4.86. The number of halogens is 1. The molecule has 0 heterocycles. The van der Waals surface area contributed by atoms with Gasteiger partial charge in [-0.05, 0) is 24.6 Å². The van der Waals surface area contributed by atoms with Gasteiger partial charge in [0.05, 0.1) is 0 Å². The highest BCUT2D eigenvalue weighted by Gasteiger charge is 2.06. The molecule has 0 aliphatic carbocycles. The zero-order valence-corrected chi connectivity index (χ0v) is 11.5. The van der Waals surface area contributed by atoms with Gasteiger partial charge in [0.15, 0.2) is 0 Å². The summed E-state index contributed by atoms with van der Waals surface area (Å²) < 4.78 is 1.19. The summed E-state index contributed by atoms with van der Waals surface area (Å²) in [4.78, 5) is 2.42. The van der Waals surface area contributed by atoms with Crippen molar-refractivity contribution in [1.29, 1.82) is 0 Å². The first kappa shape index (κ1) is 13.7. The fraction of sp³-hybridized carbons (Fsp3) is 0.538. The van der Waals surface area contributed by atoms with Crippen LogP contribution < -0.4 is 5.73 Å². The van der Waals surface area contributed by atoms with Crippen LogP contribution in [0.5, 0.6) is 0 Å². The number of rotatable bonds is 7. The van der Waals surface area contributed by atoms with Crippen molar-refractivity contribution < 1.29 is 0 Å². The van der Waals surface area contributed by atoms with Crippen molar-refractivity contribution in [2.24, 2.45) is 5.73 Å². The van der Waals surface area contributed by atoms with E-state index in [0.29, 0.717) is 0 Å². The molecule has 0 saturated carbocycles. The Morgan fingerprint density at radius 1 is 1.25 bits per heavy atom. The molecule has 0 bridgehead atoms. The first-order valence-corrected chi connectivity index (χ1v) is 6.73. The molecule has 0 aliphatic rings. The molecular weight excluding hydrogens is 264 g/mol. The summed E-state index contributed by atoms with van der Waals surface area (Å²) in [7, 11) is 0. The van der Waals surface area contributed by atoms with Crippen molar-refractivity contribution in [3.63, 3.8) is 0 Å². The normalized spacial score (nSPS) is 11.0. The van der Waals surface area contributed by atoms with Crippen molar-refractivity contribution in [1.82, 2.24) is 4.90 Å². The Kier molecular flexibility index (Phi) is 6.69. The quantitative estimate of drug-likeness (QED) is 0.834. The van der Waals surface area contributed by atoms with Gasteiger partial charge in [-0.3, -0.25) is 4.90 Å². The van der Waals surface area contributed by atoms with Crippen LogP contribution in [-0.2, 0) is 6.54 Å². The van der Waals surface area contributed by atoms with Crippen molar-refractivity contribution >= 4 is 15.9 Å². The number of hydrogen-bond acceptors (Lipinski definition) is 2. The maximum atomic E-state index is 5.64. The van der Waals surface area contributed by atoms with Crippen LogP contribution in [0.4, 0.5) is 0 Å². The SMILES string of the molecule is CCCCN(CCN)Cc1ccccc1Br. The van der Waals surface area contributed by atoms with Crippen LogP contribution in [0.2, 0.25) is 0 Å². The van der Waals surface area contributed by atoms with E-state index in [1.54, 1.807) is 0 Å². The second kappa shape index (κ2) is 7.82. The molecule has 2 nitrogen and oxygen atoms in total. The molecule has 1 rings (SSSR count). The van der Waals surface area contributed by atoms with Gasteiger partial charge >= 0.3 is 0 Å². The topological polar surface area (TPSA) is 29.3 Å². The number of nitrogens with zero attached hydrogens (tertiary/aromatic N) is 1. The van der Waals surface area contributed by atoms with E-state index in [0.717, 1.165) is 26.2 Å². The minimum absolute atomic E-state index is 0.730. The van der Waals surface area contributed by atoms with Crippen LogP contribution in [0.3, 0.4) is 0 Å². The Bertz CT molecular complexity index is 302. The van der Waals surface area contributed by atoms with Crippen molar-refractivity contribution in [2.75, 3.05) is 19.6 Å². The van der Waals surface area contributed by atoms with E-state index >= 15 is 0 Å². The Labute approximate surface area is 107 Å². The highest BCUT2D eigenvalue weighted by atomic mass is 79.9. The third-order valence-electron chi connectivity index (χ3n) is 2.63. The molecule has 0 aliphatic heterocycles. The van der Waals surface area contributed by atoms with E-state index in [2.05, 4.69) is 46.0 Å². The molecule has 0 saturated heterocycles. The molecule has 0 aromatic heterocycles. The molecule has 1 aromatic carbocycles. The Morgan fingerprint density at radius 3 is 2.62 bits per heavy atom. The van der Waals surface area contributed by atoms with Gasteiger partial charge in [0.1, 0.15) is 0 Å². The minimum Gasteiger partial charge on any atom is -0.329 e. The lowest BCUT2D eigenvalue weighted by Gasteiger charge is -2.21. The highest BCUT2D eigenvalue weighted by molar-refractivity contribution is 9.10. The number of benzene rings is 1. The van der Waals surface area contributed by atoms with Crippen molar-refractivity contribution in [2.45, 2.75) is 26.3 Å². The van der Waals surface area contributed by atoms with Gasteiger partial charge in [0.25, 0.3) is 0 Å². The molecular formula is C13H21BrN2. The summed E-state index contributed by atoms with van der Waals surface area (Å²) in [5.41, 5.74) is 6.98. The molecule has 3 heteroatoms. The summed E-state index contributed by atoms with van der Waals surface area (Å²) in [6, 6.07) is 8.39. The zero-order chi connectivity index (χ0) is 11.8. The predicted molar refractivity (Wildman–Crippen MR) is 73.4 cm³/mol. The van der Waals surface area contributed by atoms with Gasteiger partial charge in [0.2, 0.25) is 0 Å². The van der Waals surface area contributed by atoms with Gasteiger partial charge < -0.3 is 5.73 Å². The predicted octanol–water partition coefficient (Wildman–Crippen LogP) is 3.01. The zero-order valence-electron chi connectivity index (χ0n) is 9.95. The van der Waals surface area contributed by atoms with Gasteiger partial charge in [0, 0.05) is 24.1 Å². The average Bonchev–Trinajstić information content (AvgIpc) is 2.29. The van der Waals surface area contributed by atoms with Gasteiger partial charge in [-0.2, -0.15) is 0 Å². The third-order valence-corrected chi connectivity index (χ3v) is 3.40. The first-order valence-electron chi connectivity index (χ1n) is 5.93. The molecule has 0 spiro atoms. The molecule has 0 amide bonds. The summed E-state index contributed by atoms with van der Waals surface area (Å²) in [5.74, 6) is 0. The fourth-order valence-electron chi connectivity index (χ4n) is 1.70. The minimum atomic E-state index is 0.730. The lowest BCUT2D eigenvalue weighted by Crippen LogP contribution is -2.30. The fourth-order valence-corrected chi connectivity index (χ4v) is 2.11. The molecule has 90 valence electrons. The summed E-state index contributed by atoms with van der Waals surface area (Å²) in [6.45, 7) is 6.04. The van der Waals surface area contributed by atoms with Crippen molar-refractivity contribution in [3.05, 3.63) is 34.3 Å². The van der Waals surface area contributed by atoms with Gasteiger partial charge in [-0.15, -0.1) is 0 Å². The number of unbranched alkanes of at least 4 members (excludes halogenated alkanes) is 1. The van der Waals surface area contributed by atoms with E-state index in [-0.39, 0.29) is 0 Å². The largest absolute Gasteiger partial charge is 0.329 e. The van der Waals surface area contributed by atoms with Crippen LogP contribution in [0.15, 0.2) is 28.7 Å². The molecule has 16 heavy (non-hydrogen) atoms. The van der Waals surface area contributed by atoms with Gasteiger partial charge in [-0.1, -0.05) is 47.5 Å². The Balaban J connectivity index is 2.56. The van der Waals surface area contributed by atoms with Crippen LogP contribution in [0.25, 0.3) is 0 Å². The van der Waals surface area contributed by atoms with E-state index in [1.807, 2.05) is 6.07 Å². The summed E-state index contributed by atoms with van der Waals surface area (Å²) >= 11 is 3.59.